The molecule has 2 N–H and O–H groups in total. The molecule has 4 fully saturated rings. The highest BCUT2D eigenvalue weighted by Crippen LogP contribution is 2.53. The minimum Gasteiger partial charge on any atom is -0.353 e. The molecule has 5 rings (SSSR count). The van der Waals surface area contributed by atoms with E-state index in [2.05, 4.69) is 15.3 Å². The van der Waals surface area contributed by atoms with Gasteiger partial charge in [0.2, 0.25) is 5.91 Å². The number of H-pyrrole nitrogens is 1. The number of aromatic nitrogens is 2. The van der Waals surface area contributed by atoms with E-state index in [-0.39, 0.29) is 11.5 Å². The van der Waals surface area contributed by atoms with Crippen molar-refractivity contribution < 1.29 is 4.79 Å². The van der Waals surface area contributed by atoms with Gasteiger partial charge in [0, 0.05) is 23.7 Å². The van der Waals surface area contributed by atoms with Gasteiger partial charge < -0.3 is 10.3 Å². The third kappa shape index (κ3) is 2.89. The lowest BCUT2D eigenvalue weighted by Gasteiger charge is -2.54. The zero-order valence-corrected chi connectivity index (χ0v) is 14.6. The normalized spacial score (nSPS) is 33.7. The van der Waals surface area contributed by atoms with Gasteiger partial charge in [-0.2, -0.15) is 0 Å². The topological polar surface area (TPSA) is 74.8 Å². The number of aryl methyl sites for hydroxylation is 2. The highest BCUT2D eigenvalue weighted by atomic mass is 16.1. The molecule has 0 unspecified atom stereocenters. The third-order valence-corrected chi connectivity index (χ3v) is 6.50. The van der Waals surface area contributed by atoms with Gasteiger partial charge in [0.25, 0.3) is 5.56 Å². The summed E-state index contributed by atoms with van der Waals surface area (Å²) in [5.41, 5.74) is 1.27. The van der Waals surface area contributed by atoms with Crippen LogP contribution in [-0.2, 0) is 11.2 Å². The van der Waals surface area contributed by atoms with Gasteiger partial charge in [0.05, 0.1) is 0 Å². The fourth-order valence-corrected chi connectivity index (χ4v) is 5.70. The number of carbonyl (C=O) groups excluding carboxylic acids is 1. The molecule has 0 atom stereocenters. The van der Waals surface area contributed by atoms with Crippen molar-refractivity contribution in [3.05, 3.63) is 27.4 Å². The molecule has 0 saturated heterocycles. The van der Waals surface area contributed by atoms with Crippen LogP contribution < -0.4 is 10.9 Å². The number of hydrogen-bond acceptors (Lipinski definition) is 3. The largest absolute Gasteiger partial charge is 0.353 e. The first-order chi connectivity index (χ1) is 11.5. The summed E-state index contributed by atoms with van der Waals surface area (Å²) in [6, 6.07) is 0.376. The average molecular weight is 329 g/mol. The molecule has 0 aliphatic heterocycles. The van der Waals surface area contributed by atoms with E-state index >= 15 is 0 Å². The smallest absolute Gasteiger partial charge is 0.254 e. The van der Waals surface area contributed by atoms with E-state index in [0.29, 0.717) is 42.1 Å². The van der Waals surface area contributed by atoms with Gasteiger partial charge in [-0.3, -0.25) is 9.59 Å². The first-order valence-electron chi connectivity index (χ1n) is 9.35. The quantitative estimate of drug-likeness (QED) is 0.890. The molecule has 130 valence electrons. The van der Waals surface area contributed by atoms with E-state index < -0.39 is 0 Å². The third-order valence-electron chi connectivity index (χ3n) is 6.50. The fraction of sp³-hybridized carbons (Fsp3) is 0.737. The molecule has 1 heterocycles. The van der Waals surface area contributed by atoms with Crippen molar-refractivity contribution >= 4 is 5.91 Å². The van der Waals surface area contributed by atoms with Crippen molar-refractivity contribution in [2.45, 2.75) is 64.8 Å². The Hall–Kier alpha value is -1.65. The van der Waals surface area contributed by atoms with Gasteiger partial charge in [-0.05, 0) is 76.0 Å². The zero-order chi connectivity index (χ0) is 16.8. The van der Waals surface area contributed by atoms with Crippen LogP contribution in [0.3, 0.4) is 0 Å². The summed E-state index contributed by atoms with van der Waals surface area (Å²) in [6.45, 7) is 3.62. The molecule has 0 aromatic carbocycles. The summed E-state index contributed by atoms with van der Waals surface area (Å²) in [6.07, 6.45) is 7.48. The summed E-state index contributed by atoms with van der Waals surface area (Å²) in [5, 5.41) is 3.31. The molecule has 5 nitrogen and oxygen atoms in total. The second-order valence-corrected chi connectivity index (χ2v) is 8.24. The molecule has 4 saturated carbocycles. The lowest BCUT2D eigenvalue weighted by atomic mass is 9.54. The molecule has 0 radical (unpaired) electrons. The van der Waals surface area contributed by atoms with Crippen LogP contribution in [0, 0.1) is 37.5 Å². The van der Waals surface area contributed by atoms with Gasteiger partial charge >= 0.3 is 0 Å². The standard InChI is InChI=1S/C19H27N3O2/c1-10-16(19(24)21-11(2)20-10)3-4-17(23)22-18-14-6-12-5-13(8-14)9-15(18)7-12/h12-15,18H,3-9H2,1-2H3,(H,22,23)(H,20,21,24). The van der Waals surface area contributed by atoms with Crippen molar-refractivity contribution in [3.63, 3.8) is 0 Å². The van der Waals surface area contributed by atoms with Crippen molar-refractivity contribution in [2.75, 3.05) is 0 Å². The van der Waals surface area contributed by atoms with Crippen LogP contribution in [-0.4, -0.2) is 21.9 Å². The van der Waals surface area contributed by atoms with Gasteiger partial charge in [0.15, 0.2) is 0 Å². The molecule has 4 aliphatic rings. The number of rotatable bonds is 4. The summed E-state index contributed by atoms with van der Waals surface area (Å²) in [7, 11) is 0. The van der Waals surface area contributed by atoms with Gasteiger partial charge in [0.1, 0.15) is 5.82 Å². The Bertz CT molecular complexity index is 681. The number of nitrogens with one attached hydrogen (secondary N) is 2. The SMILES string of the molecule is Cc1nc(C)c(CCC(=O)NC2C3CC4CC(C3)CC2C4)c(=O)[nH]1. The summed E-state index contributed by atoms with van der Waals surface area (Å²) in [5.74, 6) is 3.93. The maximum Gasteiger partial charge on any atom is 0.254 e. The maximum absolute atomic E-state index is 12.5. The zero-order valence-electron chi connectivity index (χ0n) is 14.6. The predicted molar refractivity (Wildman–Crippen MR) is 91.6 cm³/mol. The molecule has 4 bridgehead atoms. The van der Waals surface area contributed by atoms with E-state index in [1.807, 2.05) is 6.92 Å². The lowest BCUT2D eigenvalue weighted by molar-refractivity contribution is -0.125. The highest BCUT2D eigenvalue weighted by molar-refractivity contribution is 5.76. The van der Waals surface area contributed by atoms with Crippen LogP contribution in [0.15, 0.2) is 4.79 Å². The Kier molecular flexibility index (Phi) is 3.97. The van der Waals surface area contributed by atoms with Crippen LogP contribution in [0.5, 0.6) is 0 Å². The second kappa shape index (κ2) is 6.01. The summed E-state index contributed by atoms with van der Waals surface area (Å²) >= 11 is 0. The summed E-state index contributed by atoms with van der Waals surface area (Å²) in [4.78, 5) is 31.5. The fourth-order valence-electron chi connectivity index (χ4n) is 5.70. The van der Waals surface area contributed by atoms with Crippen LogP contribution in [0.4, 0.5) is 0 Å². The Labute approximate surface area is 142 Å². The van der Waals surface area contributed by atoms with Crippen LogP contribution in [0.1, 0.15) is 55.6 Å². The van der Waals surface area contributed by atoms with Crippen LogP contribution >= 0.6 is 0 Å². The summed E-state index contributed by atoms with van der Waals surface area (Å²) < 4.78 is 0. The molecular weight excluding hydrogens is 302 g/mol. The molecule has 1 aromatic rings. The van der Waals surface area contributed by atoms with Crippen molar-refractivity contribution in [3.8, 4) is 0 Å². The van der Waals surface area contributed by atoms with E-state index in [0.717, 1.165) is 17.5 Å². The number of hydrogen-bond donors (Lipinski definition) is 2. The Morgan fingerprint density at radius 3 is 2.33 bits per heavy atom. The Morgan fingerprint density at radius 1 is 1.12 bits per heavy atom. The van der Waals surface area contributed by atoms with Gasteiger partial charge in [-0.25, -0.2) is 4.98 Å². The molecule has 1 aromatic heterocycles. The Balaban J connectivity index is 1.37. The van der Waals surface area contributed by atoms with Crippen molar-refractivity contribution in [2.24, 2.45) is 23.7 Å². The maximum atomic E-state index is 12.5. The van der Waals surface area contributed by atoms with E-state index in [4.69, 9.17) is 0 Å². The van der Waals surface area contributed by atoms with Crippen LogP contribution in [0.2, 0.25) is 0 Å². The molecule has 1 amide bonds. The minimum atomic E-state index is -0.109. The van der Waals surface area contributed by atoms with Gasteiger partial charge in [-0.15, -0.1) is 0 Å². The molecular formula is C19H27N3O2. The predicted octanol–water partition coefficient (Wildman–Crippen LogP) is 2.26. The van der Waals surface area contributed by atoms with E-state index in [1.165, 1.54) is 32.1 Å². The Morgan fingerprint density at radius 2 is 1.75 bits per heavy atom. The van der Waals surface area contributed by atoms with Gasteiger partial charge in [-0.1, -0.05) is 0 Å². The lowest BCUT2D eigenvalue weighted by Crippen LogP contribution is -2.55. The first kappa shape index (κ1) is 15.9. The monoisotopic (exact) mass is 329 g/mol. The molecule has 5 heteroatoms. The minimum absolute atomic E-state index is 0.0897. The number of carbonyl (C=O) groups is 1. The second-order valence-electron chi connectivity index (χ2n) is 8.24. The molecule has 4 aliphatic carbocycles. The van der Waals surface area contributed by atoms with Crippen LogP contribution in [0.25, 0.3) is 0 Å². The van der Waals surface area contributed by atoms with Crippen molar-refractivity contribution in [1.29, 1.82) is 0 Å². The highest BCUT2D eigenvalue weighted by Gasteiger charge is 2.48. The van der Waals surface area contributed by atoms with E-state index in [1.54, 1.807) is 6.92 Å². The van der Waals surface area contributed by atoms with Crippen molar-refractivity contribution in [1.82, 2.24) is 15.3 Å². The number of amides is 1. The number of nitrogens with zero attached hydrogens (tertiary/aromatic N) is 1. The van der Waals surface area contributed by atoms with E-state index in [9.17, 15) is 9.59 Å². The molecule has 0 spiro atoms. The number of aromatic amines is 1. The molecule has 24 heavy (non-hydrogen) atoms. The average Bonchev–Trinajstić information content (AvgIpc) is 2.49. The first-order valence-corrected chi connectivity index (χ1v) is 9.35.